The molecule has 0 saturated heterocycles. The van der Waals surface area contributed by atoms with Crippen molar-refractivity contribution in [2.24, 2.45) is 0 Å². The molecule has 1 unspecified atom stereocenters. The van der Waals surface area contributed by atoms with Crippen LogP contribution in [0.3, 0.4) is 0 Å². The van der Waals surface area contributed by atoms with Crippen LogP contribution in [0.25, 0.3) is 0 Å². The first kappa shape index (κ1) is 12.4. The number of rotatable bonds is 4. The molecule has 4 nitrogen and oxygen atoms in total. The maximum Gasteiger partial charge on any atom is 0.146 e. The first-order valence-corrected chi connectivity index (χ1v) is 5.53. The molecule has 5 heteroatoms. The van der Waals surface area contributed by atoms with E-state index in [0.29, 0.717) is 17.0 Å². The summed E-state index contributed by atoms with van der Waals surface area (Å²) in [4.78, 5) is 8.01. The van der Waals surface area contributed by atoms with Crippen LogP contribution in [0, 0.1) is 5.82 Å². The third-order valence-electron chi connectivity index (χ3n) is 2.70. The molecule has 0 aliphatic heterocycles. The first-order chi connectivity index (χ1) is 8.77. The Labute approximate surface area is 105 Å². The number of ether oxygens (including phenoxy) is 1. The lowest BCUT2D eigenvalue weighted by atomic mass is 10.0. The van der Waals surface area contributed by atoms with Crippen LogP contribution in [-0.4, -0.2) is 24.1 Å². The molecule has 0 aromatic carbocycles. The first-order valence-electron chi connectivity index (χ1n) is 5.53. The fourth-order valence-electron chi connectivity index (χ4n) is 1.85. The van der Waals surface area contributed by atoms with Crippen molar-refractivity contribution in [3.63, 3.8) is 0 Å². The van der Waals surface area contributed by atoms with Crippen LogP contribution in [0.2, 0.25) is 0 Å². The number of hydrogen-bond acceptors (Lipinski definition) is 4. The molecule has 2 aromatic heterocycles. The zero-order valence-electron chi connectivity index (χ0n) is 10.2. The lowest BCUT2D eigenvalue weighted by molar-refractivity contribution is 0.400. The summed E-state index contributed by atoms with van der Waals surface area (Å²) in [7, 11) is 3.31. The smallest absolute Gasteiger partial charge is 0.146 e. The van der Waals surface area contributed by atoms with Crippen molar-refractivity contribution in [2.45, 2.75) is 6.04 Å². The van der Waals surface area contributed by atoms with E-state index < -0.39 is 0 Å². The summed E-state index contributed by atoms with van der Waals surface area (Å²) in [6.07, 6.45) is 4.40. The molecule has 94 valence electrons. The van der Waals surface area contributed by atoms with Gasteiger partial charge in [-0.1, -0.05) is 0 Å². The second-order valence-electron chi connectivity index (χ2n) is 3.71. The van der Waals surface area contributed by atoms with Gasteiger partial charge in [0.15, 0.2) is 0 Å². The number of methoxy groups -OCH3 is 1. The van der Waals surface area contributed by atoms with Gasteiger partial charge in [0.25, 0.3) is 0 Å². The summed E-state index contributed by atoms with van der Waals surface area (Å²) in [6, 6.07) is 4.83. The summed E-state index contributed by atoms with van der Waals surface area (Å²) in [5.41, 5.74) is 1.14. The number of halogens is 1. The molecule has 0 saturated carbocycles. The van der Waals surface area contributed by atoms with E-state index in [0.717, 1.165) is 0 Å². The SMILES string of the molecule is CNC(c1ccncc1F)c1ncccc1OC. The number of nitrogens with zero attached hydrogens (tertiary/aromatic N) is 2. The number of nitrogens with one attached hydrogen (secondary N) is 1. The van der Waals surface area contributed by atoms with Gasteiger partial charge in [0.2, 0.25) is 0 Å². The molecular weight excluding hydrogens is 233 g/mol. The minimum Gasteiger partial charge on any atom is -0.495 e. The molecule has 2 rings (SSSR count). The highest BCUT2D eigenvalue weighted by atomic mass is 19.1. The minimum absolute atomic E-state index is 0.371. The topological polar surface area (TPSA) is 47.0 Å². The summed E-state index contributed by atoms with van der Waals surface area (Å²) in [5, 5.41) is 3.04. The highest BCUT2D eigenvalue weighted by molar-refractivity contribution is 5.36. The van der Waals surface area contributed by atoms with Gasteiger partial charge < -0.3 is 10.1 Å². The Morgan fingerprint density at radius 2 is 2.17 bits per heavy atom. The zero-order chi connectivity index (χ0) is 13.0. The fraction of sp³-hybridized carbons (Fsp3) is 0.231. The molecule has 0 aliphatic rings. The quantitative estimate of drug-likeness (QED) is 0.896. The number of aromatic nitrogens is 2. The Kier molecular flexibility index (Phi) is 3.84. The average molecular weight is 247 g/mol. The maximum atomic E-state index is 13.8. The second kappa shape index (κ2) is 5.55. The van der Waals surface area contributed by atoms with Crippen LogP contribution in [0.5, 0.6) is 5.75 Å². The van der Waals surface area contributed by atoms with Crippen LogP contribution in [0.4, 0.5) is 4.39 Å². The molecule has 1 N–H and O–H groups in total. The summed E-state index contributed by atoms with van der Waals surface area (Å²) >= 11 is 0. The second-order valence-corrected chi connectivity index (χ2v) is 3.71. The molecule has 18 heavy (non-hydrogen) atoms. The van der Waals surface area contributed by atoms with Crippen molar-refractivity contribution in [3.8, 4) is 5.75 Å². The third-order valence-corrected chi connectivity index (χ3v) is 2.70. The van der Waals surface area contributed by atoms with Crippen molar-refractivity contribution in [1.82, 2.24) is 15.3 Å². The normalized spacial score (nSPS) is 12.2. The monoisotopic (exact) mass is 247 g/mol. The molecule has 0 radical (unpaired) electrons. The van der Waals surface area contributed by atoms with E-state index in [1.807, 2.05) is 0 Å². The predicted molar refractivity (Wildman–Crippen MR) is 65.9 cm³/mol. The summed E-state index contributed by atoms with van der Waals surface area (Å²) in [6.45, 7) is 0. The van der Waals surface area contributed by atoms with Crippen LogP contribution < -0.4 is 10.1 Å². The van der Waals surface area contributed by atoms with Crippen LogP contribution >= 0.6 is 0 Å². The molecule has 0 fully saturated rings. The van der Waals surface area contributed by atoms with Gasteiger partial charge in [0, 0.05) is 18.0 Å². The molecule has 2 heterocycles. The van der Waals surface area contributed by atoms with Crippen LogP contribution in [0.1, 0.15) is 17.3 Å². The predicted octanol–water partition coefficient (Wildman–Crippen LogP) is 1.93. The van der Waals surface area contributed by atoms with Gasteiger partial charge in [-0.25, -0.2) is 4.39 Å². The third kappa shape index (κ3) is 2.31. The largest absolute Gasteiger partial charge is 0.495 e. The Hall–Kier alpha value is -2.01. The van der Waals surface area contributed by atoms with E-state index in [1.165, 1.54) is 6.20 Å². The zero-order valence-corrected chi connectivity index (χ0v) is 10.2. The summed E-state index contributed by atoms with van der Waals surface area (Å²) in [5.74, 6) is 0.248. The van der Waals surface area contributed by atoms with Gasteiger partial charge in [0.05, 0.1) is 19.3 Å². The van der Waals surface area contributed by atoms with Crippen molar-refractivity contribution >= 4 is 0 Å². The average Bonchev–Trinajstić information content (AvgIpc) is 2.42. The number of pyridine rings is 2. The van der Waals surface area contributed by atoms with Gasteiger partial charge in [-0.05, 0) is 25.2 Å². The van der Waals surface area contributed by atoms with Gasteiger partial charge >= 0.3 is 0 Å². The van der Waals surface area contributed by atoms with Gasteiger partial charge in [-0.3, -0.25) is 9.97 Å². The number of hydrogen-bond donors (Lipinski definition) is 1. The van der Waals surface area contributed by atoms with Gasteiger partial charge in [0.1, 0.15) is 17.3 Å². The lowest BCUT2D eigenvalue weighted by Gasteiger charge is -2.18. The van der Waals surface area contributed by atoms with Gasteiger partial charge in [-0.15, -0.1) is 0 Å². The highest BCUT2D eigenvalue weighted by Gasteiger charge is 2.20. The summed E-state index contributed by atoms with van der Waals surface area (Å²) < 4.78 is 19.0. The molecule has 0 bridgehead atoms. The minimum atomic E-state index is -0.371. The van der Waals surface area contributed by atoms with Crippen LogP contribution in [0.15, 0.2) is 36.8 Å². The fourth-order valence-corrected chi connectivity index (χ4v) is 1.85. The molecule has 1 atom stereocenters. The Morgan fingerprint density at radius 3 is 2.83 bits per heavy atom. The van der Waals surface area contributed by atoms with Crippen molar-refractivity contribution in [1.29, 1.82) is 0 Å². The van der Waals surface area contributed by atoms with Crippen molar-refractivity contribution < 1.29 is 9.13 Å². The van der Waals surface area contributed by atoms with E-state index in [9.17, 15) is 4.39 Å². The van der Waals surface area contributed by atoms with Crippen LogP contribution in [-0.2, 0) is 0 Å². The van der Waals surface area contributed by atoms with Gasteiger partial charge in [-0.2, -0.15) is 0 Å². The molecule has 0 aliphatic carbocycles. The molecular formula is C13H14FN3O. The van der Waals surface area contributed by atoms with E-state index in [4.69, 9.17) is 4.74 Å². The van der Waals surface area contributed by atoms with E-state index in [-0.39, 0.29) is 11.9 Å². The van der Waals surface area contributed by atoms with E-state index in [1.54, 1.807) is 44.8 Å². The Morgan fingerprint density at radius 1 is 1.33 bits per heavy atom. The molecule has 2 aromatic rings. The van der Waals surface area contributed by atoms with E-state index >= 15 is 0 Å². The highest BCUT2D eigenvalue weighted by Crippen LogP contribution is 2.28. The Bertz CT molecular complexity index is 533. The maximum absolute atomic E-state index is 13.8. The molecule has 0 amide bonds. The molecule has 0 spiro atoms. The van der Waals surface area contributed by atoms with E-state index in [2.05, 4.69) is 15.3 Å². The Balaban J connectivity index is 2.49. The lowest BCUT2D eigenvalue weighted by Crippen LogP contribution is -2.21. The standard InChI is InChI=1S/C13H14FN3O/c1-15-12(9-5-7-16-8-10(9)14)13-11(18-2)4-3-6-17-13/h3-8,12,15H,1-2H3. The van der Waals surface area contributed by atoms with Crippen molar-refractivity contribution in [3.05, 3.63) is 53.9 Å². The van der Waals surface area contributed by atoms with Crippen molar-refractivity contribution in [2.75, 3.05) is 14.2 Å².